The fraction of sp³-hybridized carbons (Fsp3) is 0.741. The lowest BCUT2D eigenvalue weighted by atomic mass is 9.67. The molecule has 428 valence electrons. The van der Waals surface area contributed by atoms with Crippen LogP contribution in [-0.4, -0.2) is 184 Å². The van der Waals surface area contributed by atoms with Crippen LogP contribution in [0, 0.1) is 29.6 Å². The molecule has 3 aromatic rings. The number of amides is 1. The number of alkyl halides is 1. The number of rotatable bonds is 15. The van der Waals surface area contributed by atoms with Crippen LogP contribution in [0.15, 0.2) is 55.0 Å². The van der Waals surface area contributed by atoms with Gasteiger partial charge in [0.05, 0.1) is 59.3 Å². The molecule has 77 heavy (non-hydrogen) atoms. The van der Waals surface area contributed by atoms with E-state index in [1.165, 1.54) is 0 Å². The van der Waals surface area contributed by atoms with E-state index in [-0.39, 0.29) is 30.4 Å². The molecule has 5 fully saturated rings. The van der Waals surface area contributed by atoms with Crippen LogP contribution in [-0.2, 0) is 50.8 Å². The normalized spacial score (nSPS) is 39.6. The van der Waals surface area contributed by atoms with Gasteiger partial charge in [0.15, 0.2) is 11.9 Å². The molecule has 5 aliphatic rings. The van der Waals surface area contributed by atoms with Gasteiger partial charge < -0.3 is 53.6 Å². The number of cyclic esters (lactones) is 1. The molecule has 2 aromatic heterocycles. The lowest BCUT2D eigenvalue weighted by Crippen LogP contribution is -2.63. The number of aliphatic hydroxyl groups is 2. The highest BCUT2D eigenvalue weighted by atomic mass is 19.1. The Morgan fingerprint density at radius 1 is 0.961 bits per heavy atom. The Bertz CT molecular complexity index is 2430. The number of esters is 1. The minimum atomic E-state index is -1.15. The molecule has 0 radical (unpaired) electrons. The monoisotopic (exact) mass is 1080 g/mol. The van der Waals surface area contributed by atoms with Crippen molar-refractivity contribution in [3.8, 4) is 11.1 Å². The average Bonchev–Trinajstić information content (AvgIpc) is 4.08. The standard InChI is InChI=1S/C58H88FN7O11/c1-14-46-58(10)50-37(6)48(61-23-25-65(50)55(70)77-58)33(2)28-57(9,72-13)52(35(4)47(36(5)53(69)75-46)45-29-56(8,71-12)51(68)38(7)74-45)76-54-49(67)44(26-34(3)73-54)64(11)24-21-42-32-66(63-62-42)43(30-59)27-39-17-19-40(20-18-39)41-16-15-22-60-31-41/h15-20,22,31-38,43-52,54,61,67-68H,14,21,23-30H2,1-13H3/t33-,34-,35+,36-,37+,38+,43+,44+,45?,46-,47+,48+,49-,50-,51+,52-,54+,56-,57-,58-/m1/s1. The highest BCUT2D eigenvalue weighted by Crippen LogP contribution is 2.48. The summed E-state index contributed by atoms with van der Waals surface area (Å²) in [6.07, 6.45) is 1.09. The quantitative estimate of drug-likeness (QED) is 0.137. The van der Waals surface area contributed by atoms with Crippen molar-refractivity contribution in [2.45, 2.75) is 198 Å². The van der Waals surface area contributed by atoms with Gasteiger partial charge in [0.1, 0.15) is 25.0 Å². The molecule has 0 spiro atoms. The first kappa shape index (κ1) is 59.0. The molecule has 19 heteroatoms. The van der Waals surface area contributed by atoms with Crippen LogP contribution >= 0.6 is 0 Å². The number of pyridine rings is 1. The molecule has 1 amide bonds. The number of aliphatic hydroxyl groups excluding tert-OH is 2. The van der Waals surface area contributed by atoms with E-state index in [0.29, 0.717) is 57.4 Å². The van der Waals surface area contributed by atoms with Gasteiger partial charge in [-0.3, -0.25) is 14.7 Å². The third-order valence-corrected chi connectivity index (χ3v) is 18.6. The molecule has 8 rings (SSSR count). The number of nitrogens with zero attached hydrogens (tertiary/aromatic N) is 6. The number of nitrogens with one attached hydrogen (secondary N) is 1. The maximum atomic E-state index is 15.1. The zero-order valence-corrected chi connectivity index (χ0v) is 47.7. The molecule has 7 heterocycles. The van der Waals surface area contributed by atoms with Crippen LogP contribution in [0.25, 0.3) is 11.1 Å². The number of fused-ring (bicyclic) bond motifs is 1. The molecule has 5 aliphatic heterocycles. The zero-order valence-electron chi connectivity index (χ0n) is 47.7. The first-order valence-electron chi connectivity index (χ1n) is 28.1. The largest absolute Gasteiger partial charge is 0.458 e. The van der Waals surface area contributed by atoms with Crippen LogP contribution in [0.5, 0.6) is 0 Å². The van der Waals surface area contributed by atoms with Crippen LogP contribution in [0.3, 0.4) is 0 Å². The topological polar surface area (TPSA) is 201 Å². The van der Waals surface area contributed by atoms with Gasteiger partial charge in [-0.1, -0.05) is 70.2 Å². The second kappa shape index (κ2) is 24.3. The summed E-state index contributed by atoms with van der Waals surface area (Å²) in [5.41, 5.74) is 0.483. The van der Waals surface area contributed by atoms with Crippen molar-refractivity contribution in [2.75, 3.05) is 47.6 Å². The molecule has 20 atom stereocenters. The van der Waals surface area contributed by atoms with E-state index in [9.17, 15) is 19.4 Å². The summed E-state index contributed by atoms with van der Waals surface area (Å²) in [7, 11) is 5.21. The predicted molar refractivity (Wildman–Crippen MR) is 286 cm³/mol. The van der Waals surface area contributed by atoms with E-state index >= 15 is 4.79 Å². The first-order chi connectivity index (χ1) is 36.6. The molecule has 18 nitrogen and oxygen atoms in total. The zero-order chi connectivity index (χ0) is 55.7. The van der Waals surface area contributed by atoms with Crippen molar-refractivity contribution in [3.05, 3.63) is 66.2 Å². The summed E-state index contributed by atoms with van der Waals surface area (Å²) in [6.45, 7) is 20.6. The summed E-state index contributed by atoms with van der Waals surface area (Å²) in [4.78, 5) is 37.0. The Labute approximate surface area is 455 Å². The van der Waals surface area contributed by atoms with Crippen LogP contribution in [0.2, 0.25) is 0 Å². The molecule has 5 saturated heterocycles. The number of carbonyl (C=O) groups is 2. The third kappa shape index (κ3) is 12.0. The first-order valence-corrected chi connectivity index (χ1v) is 28.1. The fourth-order valence-corrected chi connectivity index (χ4v) is 14.2. The van der Waals surface area contributed by atoms with Crippen molar-refractivity contribution >= 4 is 12.1 Å². The van der Waals surface area contributed by atoms with Gasteiger partial charge in [-0.25, -0.2) is 13.9 Å². The minimum Gasteiger partial charge on any atom is -0.458 e. The van der Waals surface area contributed by atoms with Gasteiger partial charge in [-0.2, -0.15) is 0 Å². The number of ether oxygens (including phenoxy) is 7. The summed E-state index contributed by atoms with van der Waals surface area (Å²) in [6, 6.07) is 10.5. The minimum absolute atomic E-state index is 0.0648. The maximum absolute atomic E-state index is 15.1. The molecule has 3 N–H and O–H groups in total. The van der Waals surface area contributed by atoms with Crippen molar-refractivity contribution < 1.29 is 57.4 Å². The van der Waals surface area contributed by atoms with Crippen LogP contribution < -0.4 is 5.32 Å². The number of benzene rings is 1. The smallest absolute Gasteiger partial charge is 0.410 e. The number of hydrogen-bond donors (Lipinski definition) is 3. The molecule has 2 bridgehead atoms. The lowest BCUT2D eigenvalue weighted by Gasteiger charge is -2.52. The Morgan fingerprint density at radius 3 is 2.35 bits per heavy atom. The van der Waals surface area contributed by atoms with E-state index in [1.807, 2.05) is 111 Å². The second-order valence-electron chi connectivity index (χ2n) is 23.9. The van der Waals surface area contributed by atoms with Gasteiger partial charge in [0, 0.05) is 83.3 Å². The van der Waals surface area contributed by atoms with E-state index < -0.39 is 114 Å². The number of likely N-dealkylation sites (N-methyl/N-ethyl adjacent to an activating group) is 1. The molecular formula is C58H88FN7O11. The summed E-state index contributed by atoms with van der Waals surface area (Å²) < 4.78 is 62.7. The Hall–Kier alpha value is -4.18. The lowest BCUT2D eigenvalue weighted by molar-refractivity contribution is -0.305. The molecule has 0 saturated carbocycles. The molecule has 1 aromatic carbocycles. The Kier molecular flexibility index (Phi) is 18.6. The van der Waals surface area contributed by atoms with Gasteiger partial charge in [-0.05, 0) is 108 Å². The highest BCUT2D eigenvalue weighted by molar-refractivity contribution is 5.74. The van der Waals surface area contributed by atoms with E-state index in [0.717, 1.165) is 16.7 Å². The Morgan fingerprint density at radius 2 is 1.69 bits per heavy atom. The Balaban J connectivity index is 1.07. The predicted octanol–water partition coefficient (Wildman–Crippen LogP) is 6.60. The van der Waals surface area contributed by atoms with Crippen LogP contribution in [0.4, 0.5) is 9.18 Å². The maximum Gasteiger partial charge on any atom is 0.410 e. The average molecular weight is 1080 g/mol. The van der Waals surface area contributed by atoms with E-state index in [1.54, 1.807) is 30.0 Å². The molecule has 0 aliphatic carbocycles. The number of aromatic nitrogens is 4. The van der Waals surface area contributed by atoms with Gasteiger partial charge in [0.2, 0.25) is 0 Å². The number of hydrogen-bond acceptors (Lipinski definition) is 16. The van der Waals surface area contributed by atoms with E-state index in [2.05, 4.69) is 39.4 Å². The highest BCUT2D eigenvalue weighted by Gasteiger charge is 2.62. The molecule has 1 unspecified atom stereocenters. The van der Waals surface area contributed by atoms with E-state index in [4.69, 9.17) is 33.2 Å². The van der Waals surface area contributed by atoms with Crippen molar-refractivity contribution in [2.24, 2.45) is 29.6 Å². The third-order valence-electron chi connectivity index (χ3n) is 18.6. The summed E-state index contributed by atoms with van der Waals surface area (Å²) in [5.74, 6) is -2.69. The van der Waals surface area contributed by atoms with Gasteiger partial charge in [-0.15, -0.1) is 5.10 Å². The fourth-order valence-electron chi connectivity index (χ4n) is 14.2. The van der Waals surface area contributed by atoms with Gasteiger partial charge in [0.25, 0.3) is 0 Å². The number of carbonyl (C=O) groups excluding carboxylic acids is 2. The van der Waals surface area contributed by atoms with Crippen molar-refractivity contribution in [1.82, 2.24) is 35.1 Å². The van der Waals surface area contributed by atoms with Crippen LogP contribution in [0.1, 0.15) is 112 Å². The van der Waals surface area contributed by atoms with Crippen molar-refractivity contribution in [1.29, 1.82) is 0 Å². The van der Waals surface area contributed by atoms with Crippen molar-refractivity contribution in [3.63, 3.8) is 0 Å². The number of halogens is 1. The SMILES string of the molecule is CC[C@H]1OC(=O)[C@H](C)[C@@H](C2C[C@@](C)(OC)[C@@H](O)[C@H](C)O2)[C@H](C)[C@@H](O[C@@H]2O[C@H](C)C[C@H](N(C)CCc3cn([C@H](CF)Cc4ccc(-c5cccnc5)cc4)nn3)[C@H]2O)[C@](C)(OC)C[C@@H](C)[C@@H]2NCCN3C(=O)O[C@@]1(C)[C@H]3[C@H]2C. The second-order valence-corrected chi connectivity index (χ2v) is 23.9. The summed E-state index contributed by atoms with van der Waals surface area (Å²) in [5, 5.41) is 36.6. The number of methoxy groups -OCH3 is 2. The van der Waals surface area contributed by atoms with Gasteiger partial charge >= 0.3 is 12.1 Å². The molecular weight excluding hydrogens is 990 g/mol. The summed E-state index contributed by atoms with van der Waals surface area (Å²) >= 11 is 0.